The van der Waals surface area contributed by atoms with Crippen LogP contribution in [0.2, 0.25) is 0 Å². The lowest BCUT2D eigenvalue weighted by molar-refractivity contribution is -0.119. The van der Waals surface area contributed by atoms with Crippen molar-refractivity contribution in [1.29, 1.82) is 0 Å². The standard InChI is InChI=1S/C24H22N2O6S2/c27-21-19(33-23(29)25-21)13-15-3-7-17(8-4-15)31-11-1-2-12-32-18-9-5-16(6-10-18)14-20-22(28)26-24(30)34-20/h1-10,19-20H,11-14H2,(H,25,27,29)(H,26,28,30)/b2-1-. The summed E-state index contributed by atoms with van der Waals surface area (Å²) < 4.78 is 11.4. The van der Waals surface area contributed by atoms with Crippen molar-refractivity contribution in [1.82, 2.24) is 10.6 Å². The molecule has 2 fully saturated rings. The number of imide groups is 2. The zero-order chi connectivity index (χ0) is 23.9. The van der Waals surface area contributed by atoms with Crippen LogP contribution in [0.3, 0.4) is 0 Å². The fourth-order valence-electron chi connectivity index (χ4n) is 3.35. The molecule has 2 atom stereocenters. The van der Waals surface area contributed by atoms with E-state index >= 15 is 0 Å². The first-order chi connectivity index (χ1) is 16.5. The van der Waals surface area contributed by atoms with Gasteiger partial charge in [0, 0.05) is 0 Å². The Morgan fingerprint density at radius 3 is 1.35 bits per heavy atom. The van der Waals surface area contributed by atoms with E-state index in [0.29, 0.717) is 37.6 Å². The van der Waals surface area contributed by atoms with E-state index in [1.165, 1.54) is 0 Å². The average molecular weight is 499 g/mol. The van der Waals surface area contributed by atoms with E-state index in [0.717, 1.165) is 34.7 Å². The van der Waals surface area contributed by atoms with Crippen molar-refractivity contribution in [2.24, 2.45) is 0 Å². The maximum atomic E-state index is 11.7. The third kappa shape index (κ3) is 6.64. The van der Waals surface area contributed by atoms with Crippen molar-refractivity contribution in [2.45, 2.75) is 23.3 Å². The van der Waals surface area contributed by atoms with Crippen LogP contribution in [-0.2, 0) is 22.4 Å². The van der Waals surface area contributed by atoms with Crippen molar-refractivity contribution >= 4 is 45.8 Å². The molecule has 34 heavy (non-hydrogen) atoms. The van der Waals surface area contributed by atoms with Crippen molar-refractivity contribution < 1.29 is 28.7 Å². The van der Waals surface area contributed by atoms with Crippen molar-refractivity contribution in [3.63, 3.8) is 0 Å². The van der Waals surface area contributed by atoms with E-state index < -0.39 is 0 Å². The molecule has 10 heteroatoms. The largest absolute Gasteiger partial charge is 0.490 e. The molecule has 2 N–H and O–H groups in total. The molecule has 4 amide bonds. The molecule has 2 aromatic rings. The molecule has 0 aliphatic carbocycles. The van der Waals surface area contributed by atoms with Crippen LogP contribution in [0.1, 0.15) is 11.1 Å². The van der Waals surface area contributed by atoms with Crippen LogP contribution in [0.5, 0.6) is 11.5 Å². The molecule has 0 spiro atoms. The summed E-state index contributed by atoms with van der Waals surface area (Å²) in [4.78, 5) is 45.8. The molecular weight excluding hydrogens is 476 g/mol. The maximum absolute atomic E-state index is 11.7. The number of hydrogen-bond donors (Lipinski definition) is 2. The van der Waals surface area contributed by atoms with E-state index in [1.807, 2.05) is 60.7 Å². The van der Waals surface area contributed by atoms with Gasteiger partial charge in [-0.05, 0) is 60.4 Å². The molecule has 0 bridgehead atoms. The summed E-state index contributed by atoms with van der Waals surface area (Å²) in [6.07, 6.45) is 4.71. The molecule has 2 aliphatic heterocycles. The second-order valence-electron chi connectivity index (χ2n) is 7.56. The van der Waals surface area contributed by atoms with E-state index in [4.69, 9.17) is 9.47 Å². The van der Waals surface area contributed by atoms with Crippen LogP contribution in [0.15, 0.2) is 60.7 Å². The maximum Gasteiger partial charge on any atom is 0.286 e. The summed E-state index contributed by atoms with van der Waals surface area (Å²) in [6, 6.07) is 14.9. The molecule has 2 heterocycles. The Morgan fingerprint density at radius 1 is 0.647 bits per heavy atom. The molecule has 8 nitrogen and oxygen atoms in total. The number of nitrogens with one attached hydrogen (secondary N) is 2. The third-order valence-corrected chi connectivity index (χ3v) is 7.04. The van der Waals surface area contributed by atoms with Crippen LogP contribution >= 0.6 is 23.5 Å². The van der Waals surface area contributed by atoms with Crippen molar-refractivity contribution in [3.8, 4) is 11.5 Å². The van der Waals surface area contributed by atoms with Crippen LogP contribution in [0, 0.1) is 0 Å². The summed E-state index contributed by atoms with van der Waals surface area (Å²) in [5, 5.41) is 3.23. The number of thioether (sulfide) groups is 2. The predicted octanol–water partition coefficient (Wildman–Crippen LogP) is 3.49. The Bertz CT molecular complexity index is 1010. The van der Waals surface area contributed by atoms with Gasteiger partial charge in [0.05, 0.1) is 10.5 Å². The molecule has 0 radical (unpaired) electrons. The quantitative estimate of drug-likeness (QED) is 0.479. The highest BCUT2D eigenvalue weighted by Crippen LogP contribution is 2.25. The van der Waals surface area contributed by atoms with Gasteiger partial charge in [0.1, 0.15) is 24.7 Å². The summed E-state index contributed by atoms with van der Waals surface area (Å²) >= 11 is 2.04. The predicted molar refractivity (Wildman–Crippen MR) is 130 cm³/mol. The molecule has 176 valence electrons. The molecular formula is C24H22N2O6S2. The number of rotatable bonds is 10. The van der Waals surface area contributed by atoms with Gasteiger partial charge in [-0.15, -0.1) is 0 Å². The van der Waals surface area contributed by atoms with Gasteiger partial charge in [-0.25, -0.2) is 0 Å². The van der Waals surface area contributed by atoms with Gasteiger partial charge < -0.3 is 9.47 Å². The monoisotopic (exact) mass is 498 g/mol. The van der Waals surface area contributed by atoms with Crippen LogP contribution in [0.4, 0.5) is 9.59 Å². The molecule has 2 aromatic carbocycles. The summed E-state index contributed by atoms with van der Waals surface area (Å²) in [6.45, 7) is 0.772. The molecule has 2 aliphatic rings. The minimum absolute atomic E-state index is 0.242. The molecule has 0 saturated carbocycles. The molecule has 4 rings (SSSR count). The number of carbonyl (C=O) groups excluding carboxylic acids is 4. The Morgan fingerprint density at radius 2 is 1.03 bits per heavy atom. The molecule has 2 unspecified atom stereocenters. The number of carbonyl (C=O) groups is 4. The molecule has 0 aromatic heterocycles. The number of amides is 4. The SMILES string of the molecule is O=C1NC(=O)C(Cc2ccc(OC/C=C\COc3ccc(CC4SC(=O)NC4=O)cc3)cc2)S1. The first kappa shape index (κ1) is 23.9. The fraction of sp³-hybridized carbons (Fsp3) is 0.250. The van der Waals surface area contributed by atoms with E-state index in [9.17, 15) is 19.2 Å². The van der Waals surface area contributed by atoms with Gasteiger partial charge in [-0.2, -0.15) is 0 Å². The van der Waals surface area contributed by atoms with E-state index in [2.05, 4.69) is 10.6 Å². The van der Waals surface area contributed by atoms with Gasteiger partial charge in [-0.1, -0.05) is 47.8 Å². The second kappa shape index (κ2) is 11.3. The highest BCUT2D eigenvalue weighted by molar-refractivity contribution is 8.15. The summed E-state index contributed by atoms with van der Waals surface area (Å²) in [5.41, 5.74) is 1.92. The van der Waals surface area contributed by atoms with Crippen molar-refractivity contribution in [3.05, 3.63) is 71.8 Å². The third-order valence-electron chi connectivity index (χ3n) is 5.08. The minimum Gasteiger partial charge on any atom is -0.490 e. The summed E-state index contributed by atoms with van der Waals surface area (Å²) in [7, 11) is 0. The smallest absolute Gasteiger partial charge is 0.286 e. The van der Waals surface area contributed by atoms with Gasteiger partial charge in [-0.3, -0.25) is 29.8 Å². The second-order valence-corrected chi connectivity index (χ2v) is 9.91. The highest BCUT2D eigenvalue weighted by atomic mass is 32.2. The number of hydrogen-bond acceptors (Lipinski definition) is 8. The lowest BCUT2D eigenvalue weighted by atomic mass is 10.1. The first-order valence-electron chi connectivity index (χ1n) is 10.6. The van der Waals surface area contributed by atoms with Crippen LogP contribution in [0.25, 0.3) is 0 Å². The van der Waals surface area contributed by atoms with Gasteiger partial charge in [0.2, 0.25) is 11.8 Å². The molecule has 2 saturated heterocycles. The number of ether oxygens (including phenoxy) is 2. The zero-order valence-corrected chi connectivity index (χ0v) is 19.7. The Labute approximate surface area is 204 Å². The van der Waals surface area contributed by atoms with Gasteiger partial charge >= 0.3 is 0 Å². The van der Waals surface area contributed by atoms with Crippen LogP contribution in [-0.4, -0.2) is 46.0 Å². The van der Waals surface area contributed by atoms with Gasteiger partial charge in [0.15, 0.2) is 0 Å². The topological polar surface area (TPSA) is 111 Å². The normalized spacial score (nSPS) is 20.0. The number of benzene rings is 2. The Balaban J connectivity index is 1.14. The Kier molecular flexibility index (Phi) is 7.91. The minimum atomic E-state index is -0.378. The summed E-state index contributed by atoms with van der Waals surface area (Å²) in [5.74, 6) is 0.933. The van der Waals surface area contributed by atoms with Crippen molar-refractivity contribution in [2.75, 3.05) is 13.2 Å². The van der Waals surface area contributed by atoms with Crippen LogP contribution < -0.4 is 20.1 Å². The fourth-order valence-corrected chi connectivity index (χ4v) is 5.07. The Hall–Kier alpha value is -3.24. The van der Waals surface area contributed by atoms with E-state index in [-0.39, 0.29) is 32.8 Å². The average Bonchev–Trinajstić information content (AvgIpc) is 3.31. The lowest BCUT2D eigenvalue weighted by Gasteiger charge is -2.08. The first-order valence-corrected chi connectivity index (χ1v) is 12.3. The zero-order valence-electron chi connectivity index (χ0n) is 18.0. The van der Waals surface area contributed by atoms with E-state index in [1.54, 1.807) is 0 Å². The highest BCUT2D eigenvalue weighted by Gasteiger charge is 2.32. The lowest BCUT2D eigenvalue weighted by Crippen LogP contribution is -2.25. The van der Waals surface area contributed by atoms with Gasteiger partial charge in [0.25, 0.3) is 10.5 Å².